The molecule has 106 valence electrons. The molecule has 2 aromatic rings. The van der Waals surface area contributed by atoms with Crippen LogP contribution in [0, 0.1) is 11.6 Å². The normalized spacial score (nSPS) is 11.5. The Hall–Kier alpha value is -1.95. The molecule has 0 fully saturated rings. The van der Waals surface area contributed by atoms with Crippen molar-refractivity contribution in [3.8, 4) is 0 Å². The summed E-state index contributed by atoms with van der Waals surface area (Å²) in [6, 6.07) is 9.11. The number of sulfone groups is 1. The van der Waals surface area contributed by atoms with E-state index in [-0.39, 0.29) is 12.2 Å². The Morgan fingerprint density at radius 3 is 2.30 bits per heavy atom. The van der Waals surface area contributed by atoms with E-state index < -0.39 is 26.4 Å². The summed E-state index contributed by atoms with van der Waals surface area (Å²) in [5, 5.41) is 0. The zero-order valence-corrected chi connectivity index (χ0v) is 11.3. The van der Waals surface area contributed by atoms with Crippen molar-refractivity contribution in [1.82, 2.24) is 0 Å². The van der Waals surface area contributed by atoms with E-state index in [0.29, 0.717) is 11.8 Å². The zero-order chi connectivity index (χ0) is 14.8. The third-order valence-corrected chi connectivity index (χ3v) is 4.59. The molecule has 0 aliphatic rings. The molecule has 0 amide bonds. The number of benzene rings is 2. The van der Waals surface area contributed by atoms with Gasteiger partial charge in [0.2, 0.25) is 0 Å². The van der Waals surface area contributed by atoms with E-state index in [1.54, 1.807) is 24.3 Å². The maximum Gasteiger partial charge on any atom is 0.181 e. The summed E-state index contributed by atoms with van der Waals surface area (Å²) in [4.78, 5) is -0.604. The second-order valence-corrected chi connectivity index (χ2v) is 6.46. The lowest BCUT2D eigenvalue weighted by Gasteiger charge is -2.06. The van der Waals surface area contributed by atoms with Gasteiger partial charge < -0.3 is 5.73 Å². The van der Waals surface area contributed by atoms with E-state index in [1.807, 2.05) is 0 Å². The predicted octanol–water partition coefficient (Wildman–Crippen LogP) is 2.56. The standard InChI is InChI=1S/C14H13F2NO2S/c15-11-3-6-13(16)14(9-11)20(18,19)8-7-10-1-4-12(17)5-2-10/h1-6,9H,7-8,17H2. The van der Waals surface area contributed by atoms with Crippen molar-refractivity contribution in [2.75, 3.05) is 11.5 Å². The van der Waals surface area contributed by atoms with Gasteiger partial charge in [-0.15, -0.1) is 0 Å². The van der Waals surface area contributed by atoms with Crippen LogP contribution in [0.25, 0.3) is 0 Å². The van der Waals surface area contributed by atoms with Crippen LogP contribution in [-0.4, -0.2) is 14.2 Å². The first-order valence-electron chi connectivity index (χ1n) is 5.91. The quantitative estimate of drug-likeness (QED) is 0.882. The van der Waals surface area contributed by atoms with Crippen LogP contribution in [0.15, 0.2) is 47.4 Å². The molecule has 2 N–H and O–H groups in total. The second kappa shape index (κ2) is 5.58. The minimum Gasteiger partial charge on any atom is -0.399 e. The highest BCUT2D eigenvalue weighted by Crippen LogP contribution is 2.18. The molecule has 0 aliphatic heterocycles. The minimum atomic E-state index is -3.87. The number of halogens is 2. The molecule has 6 heteroatoms. The Labute approximate surface area is 116 Å². The predicted molar refractivity (Wildman–Crippen MR) is 73.0 cm³/mol. The lowest BCUT2D eigenvalue weighted by Crippen LogP contribution is -2.11. The topological polar surface area (TPSA) is 60.2 Å². The first kappa shape index (κ1) is 14.5. The number of hydrogen-bond donors (Lipinski definition) is 1. The van der Waals surface area contributed by atoms with Crippen molar-refractivity contribution in [2.45, 2.75) is 11.3 Å². The summed E-state index contributed by atoms with van der Waals surface area (Å²) in [6.07, 6.45) is 0.207. The van der Waals surface area contributed by atoms with Crippen LogP contribution >= 0.6 is 0 Å². The van der Waals surface area contributed by atoms with Crippen LogP contribution < -0.4 is 5.73 Å². The van der Waals surface area contributed by atoms with Crippen LogP contribution in [0.2, 0.25) is 0 Å². The van der Waals surface area contributed by atoms with Crippen LogP contribution in [-0.2, 0) is 16.3 Å². The maximum atomic E-state index is 13.5. The van der Waals surface area contributed by atoms with Crippen LogP contribution in [0.1, 0.15) is 5.56 Å². The van der Waals surface area contributed by atoms with E-state index in [2.05, 4.69) is 0 Å². The highest BCUT2D eigenvalue weighted by Gasteiger charge is 2.19. The smallest absolute Gasteiger partial charge is 0.181 e. The summed E-state index contributed by atoms with van der Waals surface area (Å²) in [6.45, 7) is 0. The summed E-state index contributed by atoms with van der Waals surface area (Å²) in [5.41, 5.74) is 6.87. The molecule has 0 spiro atoms. The number of nitrogen functional groups attached to an aromatic ring is 1. The van der Waals surface area contributed by atoms with E-state index in [0.717, 1.165) is 17.7 Å². The van der Waals surface area contributed by atoms with Gasteiger partial charge in [-0.25, -0.2) is 17.2 Å². The average Bonchev–Trinajstić information content (AvgIpc) is 2.41. The molecule has 2 aromatic carbocycles. The number of nitrogens with two attached hydrogens (primary N) is 1. The van der Waals surface area contributed by atoms with Gasteiger partial charge in [-0.1, -0.05) is 12.1 Å². The second-order valence-electron chi connectivity index (χ2n) is 4.39. The SMILES string of the molecule is Nc1ccc(CCS(=O)(=O)c2cc(F)ccc2F)cc1. The lowest BCUT2D eigenvalue weighted by atomic mass is 10.2. The number of hydrogen-bond acceptors (Lipinski definition) is 3. The molecule has 0 saturated carbocycles. The van der Waals surface area contributed by atoms with Gasteiger partial charge in [-0.2, -0.15) is 0 Å². The molecule has 0 aliphatic carbocycles. The van der Waals surface area contributed by atoms with Gasteiger partial charge in [-0.05, 0) is 42.3 Å². The van der Waals surface area contributed by atoms with Crippen molar-refractivity contribution in [1.29, 1.82) is 0 Å². The van der Waals surface area contributed by atoms with E-state index >= 15 is 0 Å². The van der Waals surface area contributed by atoms with Crippen molar-refractivity contribution in [2.24, 2.45) is 0 Å². The van der Waals surface area contributed by atoms with Gasteiger partial charge in [0.05, 0.1) is 5.75 Å². The van der Waals surface area contributed by atoms with Crippen LogP contribution in [0.3, 0.4) is 0 Å². The Balaban J connectivity index is 2.19. The zero-order valence-electron chi connectivity index (χ0n) is 10.5. The molecule has 0 bridgehead atoms. The monoisotopic (exact) mass is 297 g/mol. The lowest BCUT2D eigenvalue weighted by molar-refractivity contribution is 0.553. The Morgan fingerprint density at radius 1 is 1.00 bits per heavy atom. The summed E-state index contributed by atoms with van der Waals surface area (Å²) in [7, 11) is -3.87. The fourth-order valence-electron chi connectivity index (χ4n) is 1.76. The fourth-order valence-corrected chi connectivity index (χ4v) is 3.14. The van der Waals surface area contributed by atoms with Gasteiger partial charge in [0.25, 0.3) is 0 Å². The summed E-state index contributed by atoms with van der Waals surface area (Å²) in [5.74, 6) is -2.02. The Kier molecular flexibility index (Phi) is 4.04. The number of rotatable bonds is 4. The van der Waals surface area contributed by atoms with E-state index in [1.165, 1.54) is 0 Å². The van der Waals surface area contributed by atoms with Gasteiger partial charge in [-0.3, -0.25) is 0 Å². The van der Waals surface area contributed by atoms with E-state index in [4.69, 9.17) is 5.73 Å². The highest BCUT2D eigenvalue weighted by atomic mass is 32.2. The molecule has 3 nitrogen and oxygen atoms in total. The first-order valence-corrected chi connectivity index (χ1v) is 7.56. The molecule has 0 aromatic heterocycles. The molecule has 20 heavy (non-hydrogen) atoms. The molecule has 0 saturated heterocycles. The average molecular weight is 297 g/mol. The Bertz CT molecular complexity index is 712. The van der Waals surface area contributed by atoms with Crippen molar-refractivity contribution in [3.63, 3.8) is 0 Å². The Morgan fingerprint density at radius 2 is 1.65 bits per heavy atom. The number of anilines is 1. The van der Waals surface area contributed by atoms with Gasteiger partial charge in [0, 0.05) is 5.69 Å². The molecular weight excluding hydrogens is 284 g/mol. The van der Waals surface area contributed by atoms with Crippen LogP contribution in [0.5, 0.6) is 0 Å². The molecular formula is C14H13F2NO2S. The summed E-state index contributed by atoms with van der Waals surface area (Å²) < 4.78 is 50.6. The molecule has 0 heterocycles. The summed E-state index contributed by atoms with van der Waals surface area (Å²) >= 11 is 0. The van der Waals surface area contributed by atoms with Gasteiger partial charge in [0.15, 0.2) is 9.84 Å². The third-order valence-electron chi connectivity index (χ3n) is 2.87. The molecule has 0 radical (unpaired) electrons. The highest BCUT2D eigenvalue weighted by molar-refractivity contribution is 7.91. The minimum absolute atomic E-state index is 0.207. The molecule has 0 unspecified atom stereocenters. The molecule has 0 atom stereocenters. The number of aryl methyl sites for hydroxylation is 1. The molecule has 2 rings (SSSR count). The van der Waals surface area contributed by atoms with E-state index in [9.17, 15) is 17.2 Å². The van der Waals surface area contributed by atoms with Gasteiger partial charge in [0.1, 0.15) is 16.5 Å². The van der Waals surface area contributed by atoms with Crippen molar-refractivity contribution < 1.29 is 17.2 Å². The fraction of sp³-hybridized carbons (Fsp3) is 0.143. The van der Waals surface area contributed by atoms with Gasteiger partial charge >= 0.3 is 0 Å². The maximum absolute atomic E-state index is 13.5. The van der Waals surface area contributed by atoms with Crippen molar-refractivity contribution in [3.05, 3.63) is 59.7 Å². The first-order chi connectivity index (χ1) is 9.38. The van der Waals surface area contributed by atoms with Crippen LogP contribution in [0.4, 0.5) is 14.5 Å². The van der Waals surface area contributed by atoms with Crippen molar-refractivity contribution >= 4 is 15.5 Å². The third kappa shape index (κ3) is 3.33. The largest absolute Gasteiger partial charge is 0.399 e.